The highest BCUT2D eigenvalue weighted by Gasteiger charge is 2.41. The lowest BCUT2D eigenvalue weighted by atomic mass is 9.75. The van der Waals surface area contributed by atoms with Crippen LogP contribution in [0.5, 0.6) is 5.75 Å². The summed E-state index contributed by atoms with van der Waals surface area (Å²) in [5, 5.41) is 3.34. The molecule has 1 aliphatic heterocycles. The second-order valence-corrected chi connectivity index (χ2v) is 11.4. The lowest BCUT2D eigenvalue weighted by molar-refractivity contribution is -0.170. The molecule has 1 N–H and O–H groups in total. The van der Waals surface area contributed by atoms with E-state index in [1.807, 2.05) is 75.4 Å². The number of hydrogen-bond donors (Lipinski definition) is 1. The van der Waals surface area contributed by atoms with Gasteiger partial charge < -0.3 is 24.3 Å². The molecular formula is C32H43NO7. The van der Waals surface area contributed by atoms with Crippen molar-refractivity contribution in [3.05, 3.63) is 65.7 Å². The van der Waals surface area contributed by atoms with Crippen molar-refractivity contribution in [3.8, 4) is 5.75 Å². The maximum Gasteiger partial charge on any atom is 0.321 e. The number of rotatable bonds is 13. The largest absolute Gasteiger partial charge is 0.494 e. The molecule has 1 aliphatic rings. The molecule has 2 aromatic rings. The van der Waals surface area contributed by atoms with Gasteiger partial charge >= 0.3 is 17.9 Å². The Labute approximate surface area is 237 Å². The molecular weight excluding hydrogens is 510 g/mol. The van der Waals surface area contributed by atoms with Gasteiger partial charge in [-0.2, -0.15) is 0 Å². The summed E-state index contributed by atoms with van der Waals surface area (Å²) in [5.74, 6) is -1.68. The standard InChI is InChI=1S/C32H43NO7/c1-31(2,3)40-30(36)32(17-19-33-20-18-32)16-8-9-21-38-26-14-12-24(13-15-26)22-27(28(34)37-4)29(35)39-23-25-10-6-5-7-11-25/h5-7,10-15,27,33H,8-9,16-23H2,1-4H3. The molecule has 8 heteroatoms. The number of piperidine rings is 1. The van der Waals surface area contributed by atoms with Crippen LogP contribution < -0.4 is 10.1 Å². The number of carbonyl (C=O) groups is 3. The molecule has 40 heavy (non-hydrogen) atoms. The number of hydrogen-bond acceptors (Lipinski definition) is 8. The number of methoxy groups -OCH3 is 1. The second-order valence-electron chi connectivity index (χ2n) is 11.4. The summed E-state index contributed by atoms with van der Waals surface area (Å²) in [4.78, 5) is 38.0. The highest BCUT2D eigenvalue weighted by Crippen LogP contribution is 2.37. The minimum atomic E-state index is -1.05. The van der Waals surface area contributed by atoms with Crippen LogP contribution in [0.4, 0.5) is 0 Å². The fourth-order valence-corrected chi connectivity index (χ4v) is 4.80. The molecule has 0 aromatic heterocycles. The SMILES string of the molecule is COC(=O)C(Cc1ccc(OCCCCC2(C(=O)OC(C)(C)C)CCNCC2)cc1)C(=O)OCc1ccccc1. The zero-order chi connectivity index (χ0) is 29.0. The van der Waals surface area contributed by atoms with Gasteiger partial charge in [-0.3, -0.25) is 14.4 Å². The molecule has 0 aliphatic carbocycles. The smallest absolute Gasteiger partial charge is 0.321 e. The van der Waals surface area contributed by atoms with Gasteiger partial charge in [0.2, 0.25) is 0 Å². The summed E-state index contributed by atoms with van der Waals surface area (Å²) in [7, 11) is 1.26. The van der Waals surface area contributed by atoms with Crippen molar-refractivity contribution >= 4 is 17.9 Å². The van der Waals surface area contributed by atoms with Crippen LogP contribution in [0.2, 0.25) is 0 Å². The Morgan fingerprint density at radius 2 is 1.57 bits per heavy atom. The average molecular weight is 554 g/mol. The summed E-state index contributed by atoms with van der Waals surface area (Å²) in [6.45, 7) is 7.99. The lowest BCUT2D eigenvalue weighted by Gasteiger charge is -2.37. The molecule has 218 valence electrons. The molecule has 0 amide bonds. The van der Waals surface area contributed by atoms with Crippen molar-refractivity contribution in [1.82, 2.24) is 5.32 Å². The van der Waals surface area contributed by atoms with E-state index in [4.69, 9.17) is 18.9 Å². The topological polar surface area (TPSA) is 100 Å². The Morgan fingerprint density at radius 1 is 0.900 bits per heavy atom. The van der Waals surface area contributed by atoms with E-state index in [0.717, 1.165) is 56.3 Å². The number of esters is 3. The fourth-order valence-electron chi connectivity index (χ4n) is 4.80. The van der Waals surface area contributed by atoms with Gasteiger partial charge in [0.1, 0.15) is 18.0 Å². The van der Waals surface area contributed by atoms with Crippen LogP contribution in [0.25, 0.3) is 0 Å². The second kappa shape index (κ2) is 14.8. The van der Waals surface area contributed by atoms with E-state index in [1.165, 1.54) is 7.11 Å². The van der Waals surface area contributed by atoms with Crippen LogP contribution in [0.1, 0.15) is 64.0 Å². The Kier molecular flexibility index (Phi) is 11.6. The number of unbranched alkanes of at least 4 members (excludes halogenated alkanes) is 1. The first kappa shape index (κ1) is 31.1. The zero-order valence-corrected chi connectivity index (χ0v) is 24.2. The van der Waals surface area contributed by atoms with Crippen LogP contribution in [-0.2, 0) is 41.6 Å². The van der Waals surface area contributed by atoms with Crippen molar-refractivity contribution in [3.63, 3.8) is 0 Å². The molecule has 0 bridgehead atoms. The van der Waals surface area contributed by atoms with E-state index in [-0.39, 0.29) is 19.0 Å². The first-order valence-corrected chi connectivity index (χ1v) is 14.1. The molecule has 0 spiro atoms. The molecule has 1 heterocycles. The minimum Gasteiger partial charge on any atom is -0.494 e. The van der Waals surface area contributed by atoms with Gasteiger partial charge in [0.25, 0.3) is 0 Å². The third-order valence-corrected chi connectivity index (χ3v) is 7.07. The molecule has 3 rings (SSSR count). The van der Waals surface area contributed by atoms with Crippen LogP contribution in [-0.4, -0.2) is 50.3 Å². The van der Waals surface area contributed by atoms with Crippen molar-refractivity contribution in [2.24, 2.45) is 11.3 Å². The quantitative estimate of drug-likeness (QED) is 0.160. The summed E-state index contributed by atoms with van der Waals surface area (Å²) < 4.78 is 21.9. The third kappa shape index (κ3) is 9.66. The molecule has 1 saturated heterocycles. The number of benzene rings is 2. The van der Waals surface area contributed by atoms with E-state index in [1.54, 1.807) is 0 Å². The Bertz CT molecular complexity index is 1090. The van der Waals surface area contributed by atoms with Gasteiger partial charge in [-0.25, -0.2) is 0 Å². The molecule has 0 radical (unpaired) electrons. The van der Waals surface area contributed by atoms with Gasteiger partial charge in [0, 0.05) is 0 Å². The number of ether oxygens (including phenoxy) is 4. The average Bonchev–Trinajstić information content (AvgIpc) is 2.95. The maximum absolute atomic E-state index is 13.0. The monoisotopic (exact) mass is 553 g/mol. The zero-order valence-electron chi connectivity index (χ0n) is 24.2. The normalized spacial score (nSPS) is 15.5. The van der Waals surface area contributed by atoms with Crippen molar-refractivity contribution in [2.45, 2.75) is 71.5 Å². The maximum atomic E-state index is 13.0. The summed E-state index contributed by atoms with van der Waals surface area (Å²) in [6, 6.07) is 16.6. The van der Waals surface area contributed by atoms with Crippen molar-refractivity contribution in [2.75, 3.05) is 26.8 Å². The molecule has 1 unspecified atom stereocenters. The summed E-state index contributed by atoms with van der Waals surface area (Å²) in [5.41, 5.74) is 0.712. The fraction of sp³-hybridized carbons (Fsp3) is 0.531. The Hall–Kier alpha value is -3.39. The van der Waals surface area contributed by atoms with Gasteiger partial charge in [0.15, 0.2) is 5.92 Å². The van der Waals surface area contributed by atoms with Crippen molar-refractivity contribution < 1.29 is 33.3 Å². The number of carbonyl (C=O) groups excluding carboxylic acids is 3. The van der Waals surface area contributed by atoms with E-state index in [9.17, 15) is 14.4 Å². The van der Waals surface area contributed by atoms with Gasteiger partial charge in [-0.15, -0.1) is 0 Å². The molecule has 0 saturated carbocycles. The van der Waals surface area contributed by atoms with Crippen LogP contribution >= 0.6 is 0 Å². The first-order chi connectivity index (χ1) is 19.1. The van der Waals surface area contributed by atoms with Gasteiger partial charge in [-0.1, -0.05) is 42.5 Å². The predicted molar refractivity (Wildman–Crippen MR) is 152 cm³/mol. The third-order valence-electron chi connectivity index (χ3n) is 7.07. The molecule has 8 nitrogen and oxygen atoms in total. The van der Waals surface area contributed by atoms with E-state index >= 15 is 0 Å². The first-order valence-electron chi connectivity index (χ1n) is 14.1. The predicted octanol–water partition coefficient (Wildman–Crippen LogP) is 5.02. The Balaban J connectivity index is 1.47. The summed E-state index contributed by atoms with van der Waals surface area (Å²) in [6.07, 6.45) is 4.21. The van der Waals surface area contributed by atoms with Crippen LogP contribution in [0.3, 0.4) is 0 Å². The minimum absolute atomic E-state index is 0.0905. The highest BCUT2D eigenvalue weighted by atomic mass is 16.6. The molecule has 2 aromatic carbocycles. The van der Waals surface area contributed by atoms with E-state index < -0.39 is 28.9 Å². The summed E-state index contributed by atoms with van der Waals surface area (Å²) >= 11 is 0. The van der Waals surface area contributed by atoms with E-state index in [2.05, 4.69) is 5.32 Å². The van der Waals surface area contributed by atoms with Crippen molar-refractivity contribution in [1.29, 1.82) is 0 Å². The Morgan fingerprint density at radius 3 is 2.20 bits per heavy atom. The lowest BCUT2D eigenvalue weighted by Crippen LogP contribution is -2.45. The van der Waals surface area contributed by atoms with Gasteiger partial charge in [0.05, 0.1) is 19.1 Å². The highest BCUT2D eigenvalue weighted by molar-refractivity contribution is 5.95. The van der Waals surface area contributed by atoms with Gasteiger partial charge in [-0.05, 0) is 95.6 Å². The van der Waals surface area contributed by atoms with E-state index in [0.29, 0.717) is 12.4 Å². The van der Waals surface area contributed by atoms with Crippen LogP contribution in [0, 0.1) is 11.3 Å². The van der Waals surface area contributed by atoms with Crippen LogP contribution in [0.15, 0.2) is 54.6 Å². The molecule has 1 fully saturated rings. The number of nitrogens with one attached hydrogen (secondary N) is 1. The molecule has 1 atom stereocenters.